The van der Waals surface area contributed by atoms with E-state index in [1.165, 1.54) is 11.0 Å². The van der Waals surface area contributed by atoms with Crippen LogP contribution in [-0.2, 0) is 14.4 Å². The van der Waals surface area contributed by atoms with Gasteiger partial charge in [-0.3, -0.25) is 19.3 Å². The average molecular weight is 357 g/mol. The summed E-state index contributed by atoms with van der Waals surface area (Å²) < 4.78 is 19.9. The second kappa shape index (κ2) is 5.99. The van der Waals surface area contributed by atoms with Gasteiger partial charge in [0, 0.05) is 17.2 Å². The van der Waals surface area contributed by atoms with Gasteiger partial charge in [-0.2, -0.15) is 0 Å². The first kappa shape index (κ1) is 16.3. The Morgan fingerprint density at radius 3 is 2.35 bits per heavy atom. The van der Waals surface area contributed by atoms with Gasteiger partial charge in [0.05, 0.1) is 17.9 Å². The Morgan fingerprint density at radius 2 is 1.73 bits per heavy atom. The van der Waals surface area contributed by atoms with E-state index < -0.39 is 17.6 Å². The van der Waals surface area contributed by atoms with E-state index >= 15 is 0 Å². The molecule has 0 saturated carbocycles. The Labute approximate surface area is 149 Å². The summed E-state index contributed by atoms with van der Waals surface area (Å²) in [5.41, 5.74) is 0.992. The number of halogens is 1. The van der Waals surface area contributed by atoms with Crippen LogP contribution in [0.5, 0.6) is 5.75 Å². The minimum atomic E-state index is -0.764. The zero-order valence-corrected chi connectivity index (χ0v) is 13.9. The van der Waals surface area contributed by atoms with E-state index in [1.54, 1.807) is 0 Å². The minimum Gasteiger partial charge on any atom is -0.481 e. The fourth-order valence-electron chi connectivity index (χ4n) is 3.61. The van der Waals surface area contributed by atoms with Crippen molar-refractivity contribution in [2.24, 2.45) is 0 Å². The number of carbonyl (C=O) groups excluding carboxylic acids is 3. The number of terminal acetylenes is 1. The predicted molar refractivity (Wildman–Crippen MR) is 91.1 cm³/mol. The number of imide groups is 1. The van der Waals surface area contributed by atoms with Crippen LogP contribution >= 0.6 is 0 Å². The zero-order valence-electron chi connectivity index (χ0n) is 13.9. The summed E-state index contributed by atoms with van der Waals surface area (Å²) in [5.74, 6) is 0.406. The molecule has 0 radical (unpaired) electrons. The molecule has 132 valence electrons. The lowest BCUT2D eigenvalue weighted by Crippen LogP contribution is -2.39. The fourth-order valence-corrected chi connectivity index (χ4v) is 3.61. The topological polar surface area (TPSA) is 66.9 Å². The van der Waals surface area contributed by atoms with Gasteiger partial charge in [-0.05, 0) is 31.7 Å². The number of anilines is 2. The van der Waals surface area contributed by atoms with Crippen LogP contribution in [0.3, 0.4) is 0 Å². The van der Waals surface area contributed by atoms with Crippen LogP contribution < -0.4 is 14.5 Å². The van der Waals surface area contributed by atoms with Gasteiger partial charge < -0.3 is 4.74 Å². The average Bonchev–Trinajstić information content (AvgIpc) is 2.89. The van der Waals surface area contributed by atoms with Crippen molar-refractivity contribution in [1.82, 2.24) is 0 Å². The molecule has 0 aromatic heterocycles. The van der Waals surface area contributed by atoms with E-state index in [2.05, 4.69) is 5.92 Å². The lowest BCUT2D eigenvalue weighted by molar-refractivity contribution is -0.121. The summed E-state index contributed by atoms with van der Waals surface area (Å²) in [6.45, 7) is -0.262. The molecule has 2 aliphatic heterocycles. The first-order valence-electron chi connectivity index (χ1n) is 8.34. The van der Waals surface area contributed by atoms with Crippen LogP contribution in [-0.4, -0.2) is 30.9 Å². The van der Waals surface area contributed by atoms with Crippen molar-refractivity contribution in [1.29, 1.82) is 0 Å². The first-order chi connectivity index (χ1) is 12.5. The molecule has 0 N–H and O–H groups in total. The lowest BCUT2D eigenvalue weighted by atomic mass is 9.93. The normalized spacial score (nSPS) is 19.3. The third kappa shape index (κ3) is 2.30. The van der Waals surface area contributed by atoms with Crippen LogP contribution in [0, 0.1) is 18.2 Å². The molecule has 3 aliphatic rings. The molecule has 0 spiro atoms. The van der Waals surface area contributed by atoms with E-state index in [4.69, 9.17) is 11.2 Å². The summed E-state index contributed by atoms with van der Waals surface area (Å²) in [5, 5.41) is 0. The maximum absolute atomic E-state index is 14.7. The number of carbonyl (C=O) groups is 3. The highest BCUT2D eigenvalue weighted by atomic mass is 19.1. The molecular weight excluding hydrogens is 342 g/mol. The van der Waals surface area contributed by atoms with Crippen LogP contribution in [0.2, 0.25) is 0 Å². The van der Waals surface area contributed by atoms with Crippen molar-refractivity contribution >= 4 is 29.1 Å². The molecule has 3 amide bonds. The molecule has 1 aromatic carbocycles. The number of fused-ring (bicyclic) bond motifs is 1. The Morgan fingerprint density at radius 1 is 1.08 bits per heavy atom. The number of amides is 3. The third-order valence-electron chi connectivity index (χ3n) is 4.85. The number of rotatable bonds is 2. The molecule has 0 fully saturated rings. The van der Waals surface area contributed by atoms with Gasteiger partial charge in [-0.25, -0.2) is 9.29 Å². The van der Waals surface area contributed by atoms with Crippen LogP contribution in [0.25, 0.3) is 0 Å². The second-order valence-electron chi connectivity index (χ2n) is 6.35. The monoisotopic (exact) mass is 357 g/mol. The number of hydrogen-bond acceptors (Lipinski definition) is 4. The molecule has 0 bridgehead atoms. The van der Waals surface area contributed by atoms with Gasteiger partial charge in [-0.15, -0.1) is 6.42 Å². The van der Waals surface area contributed by atoms with Crippen molar-refractivity contribution in [3.8, 4) is 18.1 Å². The minimum absolute atomic E-state index is 0.0170. The predicted octanol–water partition coefficient (Wildman–Crippen LogP) is 1.93. The highest BCUT2D eigenvalue weighted by Gasteiger charge is 2.41. The molecular formula is C19H15FN2O4. The molecule has 0 saturated heterocycles. The summed E-state index contributed by atoms with van der Waals surface area (Å²) in [4.78, 5) is 39.5. The Bertz CT molecular complexity index is 900. The largest absolute Gasteiger partial charge is 0.481 e. The molecule has 1 aromatic rings. The Balaban J connectivity index is 1.79. The molecule has 4 rings (SSSR count). The Kier molecular flexibility index (Phi) is 3.76. The SMILES string of the molecule is [13CH]#[13C][13CH2]N1C(=O)COc2cc(F)c(N3C(=O)C4=C(CCCC4)C3=O)cc21. The number of ether oxygens (including phenoxy) is 1. The quantitative estimate of drug-likeness (QED) is 0.461. The van der Waals surface area contributed by atoms with E-state index in [0.29, 0.717) is 24.0 Å². The molecule has 6 nitrogen and oxygen atoms in total. The van der Waals surface area contributed by atoms with Gasteiger partial charge in [-0.1, -0.05) is 5.92 Å². The highest BCUT2D eigenvalue weighted by molar-refractivity contribution is 6.33. The molecule has 1 aliphatic carbocycles. The number of hydrogen-bond donors (Lipinski definition) is 0. The van der Waals surface area contributed by atoms with Crippen molar-refractivity contribution in [3.63, 3.8) is 0 Å². The van der Waals surface area contributed by atoms with Gasteiger partial charge in [0.2, 0.25) is 0 Å². The summed E-state index contributed by atoms with van der Waals surface area (Å²) in [6, 6.07) is 2.37. The molecule has 7 heteroatoms. The summed E-state index contributed by atoms with van der Waals surface area (Å²) in [7, 11) is 0. The maximum atomic E-state index is 14.7. The van der Waals surface area contributed by atoms with Gasteiger partial charge in [0.25, 0.3) is 17.7 Å². The molecule has 26 heavy (non-hydrogen) atoms. The fraction of sp³-hybridized carbons (Fsp3) is 0.316. The highest BCUT2D eigenvalue weighted by Crippen LogP contribution is 2.41. The van der Waals surface area contributed by atoms with Gasteiger partial charge in [0.1, 0.15) is 5.75 Å². The first-order valence-corrected chi connectivity index (χ1v) is 8.34. The van der Waals surface area contributed by atoms with Gasteiger partial charge in [0.15, 0.2) is 12.4 Å². The van der Waals surface area contributed by atoms with E-state index in [1.807, 2.05) is 0 Å². The van der Waals surface area contributed by atoms with Crippen LogP contribution in [0.15, 0.2) is 23.3 Å². The van der Waals surface area contributed by atoms with Gasteiger partial charge >= 0.3 is 0 Å². The van der Waals surface area contributed by atoms with Crippen molar-refractivity contribution in [2.45, 2.75) is 25.7 Å². The van der Waals surface area contributed by atoms with Crippen molar-refractivity contribution in [2.75, 3.05) is 23.0 Å². The third-order valence-corrected chi connectivity index (χ3v) is 4.85. The maximum Gasteiger partial charge on any atom is 0.265 e. The number of benzene rings is 1. The smallest absolute Gasteiger partial charge is 0.265 e. The van der Waals surface area contributed by atoms with Crippen molar-refractivity contribution < 1.29 is 23.5 Å². The zero-order chi connectivity index (χ0) is 18.4. The van der Waals surface area contributed by atoms with E-state index in [0.717, 1.165) is 23.8 Å². The summed E-state index contributed by atoms with van der Waals surface area (Å²) in [6.07, 6.45) is 8.01. The second-order valence-corrected chi connectivity index (χ2v) is 6.35. The number of nitrogens with zero attached hydrogens (tertiary/aromatic N) is 2. The van der Waals surface area contributed by atoms with E-state index in [9.17, 15) is 18.8 Å². The van der Waals surface area contributed by atoms with Crippen LogP contribution in [0.4, 0.5) is 15.8 Å². The lowest BCUT2D eigenvalue weighted by Gasteiger charge is -2.29. The summed E-state index contributed by atoms with van der Waals surface area (Å²) >= 11 is 0. The molecule has 0 unspecified atom stereocenters. The molecule has 2 heterocycles. The van der Waals surface area contributed by atoms with Crippen molar-refractivity contribution in [3.05, 3.63) is 29.1 Å². The Hall–Kier alpha value is -3.14. The standard InChI is InChI=1S/C19H15FN2O4/c1-2-7-21-15-9-14(13(20)8-16(15)26-10-17(21)23)22-18(24)11-5-3-4-6-12(11)19(22)25/h1,8-9H,3-7,10H2/i1+1,2+1,7+1. The molecule has 0 atom stereocenters. The van der Waals surface area contributed by atoms with Crippen LogP contribution in [0.1, 0.15) is 25.7 Å². The van der Waals surface area contributed by atoms with E-state index in [-0.39, 0.29) is 36.2 Å².